The van der Waals surface area contributed by atoms with Crippen molar-refractivity contribution in [3.05, 3.63) is 0 Å². The average Bonchev–Trinajstić information content (AvgIpc) is 2.45. The number of rotatable bonds is 13. The number of carboxylic acids is 1. The molecule has 0 aromatic carbocycles. The number of unbranched alkanes of at least 4 members (excludes halogenated alkanes) is 6. The van der Waals surface area contributed by atoms with Crippen molar-refractivity contribution in [2.45, 2.75) is 91.1 Å². The van der Waals surface area contributed by atoms with Crippen LogP contribution in [0.1, 0.15) is 85.0 Å². The standard InChI is InChI=1S/C17H32O4/c1-4-6-8-10-12-15(13-11-9-7-5-2)17(20)21-14(3)16(18)19/h14-15H,4-13H2,1-3H3,(H,18,19). The van der Waals surface area contributed by atoms with E-state index in [0.717, 1.165) is 38.5 Å². The Hall–Kier alpha value is -1.06. The van der Waals surface area contributed by atoms with Crippen LogP contribution in [0.2, 0.25) is 0 Å². The first-order valence-electron chi connectivity index (χ1n) is 8.46. The number of carboxylic acid groups (broad SMARTS) is 1. The highest BCUT2D eigenvalue weighted by Crippen LogP contribution is 2.20. The summed E-state index contributed by atoms with van der Waals surface area (Å²) < 4.78 is 5.05. The number of ether oxygens (including phenoxy) is 1. The van der Waals surface area contributed by atoms with E-state index < -0.39 is 12.1 Å². The minimum atomic E-state index is -1.08. The smallest absolute Gasteiger partial charge is 0.344 e. The van der Waals surface area contributed by atoms with E-state index in [0.29, 0.717) is 0 Å². The molecule has 0 aliphatic carbocycles. The van der Waals surface area contributed by atoms with Gasteiger partial charge in [0.25, 0.3) is 0 Å². The summed E-state index contributed by atoms with van der Waals surface area (Å²) in [4.78, 5) is 22.9. The lowest BCUT2D eigenvalue weighted by atomic mass is 9.94. The van der Waals surface area contributed by atoms with E-state index in [1.807, 2.05) is 0 Å². The highest BCUT2D eigenvalue weighted by atomic mass is 16.6. The van der Waals surface area contributed by atoms with Crippen LogP contribution in [0.5, 0.6) is 0 Å². The number of carbonyl (C=O) groups is 2. The van der Waals surface area contributed by atoms with Gasteiger partial charge in [-0.25, -0.2) is 4.79 Å². The second-order valence-corrected chi connectivity index (χ2v) is 5.81. The second-order valence-electron chi connectivity index (χ2n) is 5.81. The molecule has 1 N–H and O–H groups in total. The van der Waals surface area contributed by atoms with Gasteiger partial charge in [0.1, 0.15) is 0 Å². The Morgan fingerprint density at radius 2 is 1.38 bits per heavy atom. The van der Waals surface area contributed by atoms with Gasteiger partial charge in [0.05, 0.1) is 5.92 Å². The molecular formula is C17H32O4. The molecular weight excluding hydrogens is 268 g/mol. The van der Waals surface area contributed by atoms with Gasteiger partial charge >= 0.3 is 11.9 Å². The maximum absolute atomic E-state index is 12.1. The van der Waals surface area contributed by atoms with Gasteiger partial charge in [-0.2, -0.15) is 0 Å². The first kappa shape index (κ1) is 19.9. The second kappa shape index (κ2) is 12.7. The first-order valence-corrected chi connectivity index (χ1v) is 8.46. The third-order valence-electron chi connectivity index (χ3n) is 3.79. The zero-order valence-electron chi connectivity index (χ0n) is 13.9. The van der Waals surface area contributed by atoms with E-state index in [4.69, 9.17) is 9.84 Å². The van der Waals surface area contributed by atoms with E-state index >= 15 is 0 Å². The molecule has 1 unspecified atom stereocenters. The molecule has 0 aromatic heterocycles. The molecule has 0 bridgehead atoms. The maximum Gasteiger partial charge on any atom is 0.344 e. The summed E-state index contributed by atoms with van der Waals surface area (Å²) in [5, 5.41) is 8.83. The predicted octanol–water partition coefficient (Wildman–Crippen LogP) is 4.56. The highest BCUT2D eigenvalue weighted by Gasteiger charge is 2.24. The van der Waals surface area contributed by atoms with Crippen molar-refractivity contribution in [2.24, 2.45) is 5.92 Å². The van der Waals surface area contributed by atoms with Crippen LogP contribution < -0.4 is 0 Å². The van der Waals surface area contributed by atoms with Crippen molar-refractivity contribution in [1.29, 1.82) is 0 Å². The molecule has 0 fully saturated rings. The van der Waals surface area contributed by atoms with Crippen molar-refractivity contribution < 1.29 is 19.4 Å². The van der Waals surface area contributed by atoms with Gasteiger partial charge in [-0.15, -0.1) is 0 Å². The van der Waals surface area contributed by atoms with Gasteiger partial charge in [-0.05, 0) is 19.8 Å². The summed E-state index contributed by atoms with van der Waals surface area (Å²) in [5.74, 6) is -1.56. The summed E-state index contributed by atoms with van der Waals surface area (Å²) >= 11 is 0. The average molecular weight is 300 g/mol. The molecule has 0 aliphatic heterocycles. The Balaban J connectivity index is 4.26. The molecule has 0 heterocycles. The Kier molecular flexibility index (Phi) is 12.0. The molecule has 0 saturated carbocycles. The van der Waals surface area contributed by atoms with Crippen molar-refractivity contribution in [3.8, 4) is 0 Å². The molecule has 4 nitrogen and oxygen atoms in total. The Morgan fingerprint density at radius 1 is 0.905 bits per heavy atom. The molecule has 0 spiro atoms. The molecule has 1 atom stereocenters. The van der Waals surface area contributed by atoms with Crippen LogP contribution in [0, 0.1) is 5.92 Å². The monoisotopic (exact) mass is 300 g/mol. The van der Waals surface area contributed by atoms with Gasteiger partial charge in [-0.3, -0.25) is 4.79 Å². The molecule has 0 aliphatic rings. The van der Waals surface area contributed by atoms with Crippen LogP contribution in [-0.2, 0) is 14.3 Å². The van der Waals surface area contributed by atoms with Gasteiger partial charge < -0.3 is 9.84 Å². The summed E-state index contributed by atoms with van der Waals surface area (Å²) in [6.07, 6.45) is 9.58. The number of esters is 1. The molecule has 0 saturated heterocycles. The van der Waals surface area contributed by atoms with Crippen molar-refractivity contribution in [2.75, 3.05) is 0 Å². The third kappa shape index (κ3) is 10.3. The van der Waals surface area contributed by atoms with Gasteiger partial charge in [0.15, 0.2) is 6.10 Å². The highest BCUT2D eigenvalue weighted by molar-refractivity contribution is 5.78. The van der Waals surface area contributed by atoms with Gasteiger partial charge in [0, 0.05) is 0 Å². The fourth-order valence-corrected chi connectivity index (χ4v) is 2.34. The molecule has 4 heteroatoms. The largest absolute Gasteiger partial charge is 0.479 e. The Bertz CT molecular complexity index is 277. The van der Waals surface area contributed by atoms with Crippen molar-refractivity contribution >= 4 is 11.9 Å². The molecule has 0 amide bonds. The van der Waals surface area contributed by atoms with E-state index in [1.165, 1.54) is 32.6 Å². The molecule has 0 rings (SSSR count). The van der Waals surface area contributed by atoms with E-state index in [1.54, 1.807) is 0 Å². The summed E-state index contributed by atoms with van der Waals surface area (Å²) in [6.45, 7) is 5.72. The first-order chi connectivity index (χ1) is 10.0. The van der Waals surface area contributed by atoms with Crippen molar-refractivity contribution in [1.82, 2.24) is 0 Å². The zero-order valence-corrected chi connectivity index (χ0v) is 13.9. The van der Waals surface area contributed by atoms with Crippen LogP contribution in [-0.4, -0.2) is 23.1 Å². The lowest BCUT2D eigenvalue weighted by molar-refractivity contribution is -0.166. The van der Waals surface area contributed by atoms with Gasteiger partial charge in [0.2, 0.25) is 0 Å². The normalized spacial score (nSPS) is 12.4. The van der Waals surface area contributed by atoms with E-state index in [-0.39, 0.29) is 11.9 Å². The minimum absolute atomic E-state index is 0.138. The Labute approximate surface area is 129 Å². The molecule has 0 radical (unpaired) electrons. The van der Waals surface area contributed by atoms with E-state index in [9.17, 15) is 9.59 Å². The molecule has 0 aromatic rings. The lowest BCUT2D eigenvalue weighted by Crippen LogP contribution is -2.28. The predicted molar refractivity (Wildman–Crippen MR) is 84.2 cm³/mol. The van der Waals surface area contributed by atoms with Crippen LogP contribution in [0.4, 0.5) is 0 Å². The van der Waals surface area contributed by atoms with Crippen LogP contribution in [0.25, 0.3) is 0 Å². The quantitative estimate of drug-likeness (QED) is 0.400. The Morgan fingerprint density at radius 3 is 1.76 bits per heavy atom. The fraction of sp³-hybridized carbons (Fsp3) is 0.882. The lowest BCUT2D eigenvalue weighted by Gasteiger charge is -2.17. The fourth-order valence-electron chi connectivity index (χ4n) is 2.34. The molecule has 124 valence electrons. The summed E-state index contributed by atoms with van der Waals surface area (Å²) in [7, 11) is 0. The topological polar surface area (TPSA) is 63.6 Å². The summed E-state index contributed by atoms with van der Waals surface area (Å²) in [5.41, 5.74) is 0. The van der Waals surface area contributed by atoms with Gasteiger partial charge in [-0.1, -0.05) is 65.2 Å². The zero-order chi connectivity index (χ0) is 16.1. The maximum atomic E-state index is 12.1. The third-order valence-corrected chi connectivity index (χ3v) is 3.79. The van der Waals surface area contributed by atoms with Crippen LogP contribution in [0.3, 0.4) is 0 Å². The van der Waals surface area contributed by atoms with Crippen LogP contribution in [0.15, 0.2) is 0 Å². The van der Waals surface area contributed by atoms with Crippen molar-refractivity contribution in [3.63, 3.8) is 0 Å². The number of hydrogen-bond donors (Lipinski definition) is 1. The molecule has 21 heavy (non-hydrogen) atoms. The minimum Gasteiger partial charge on any atom is -0.479 e. The number of hydrogen-bond acceptors (Lipinski definition) is 3. The number of carbonyl (C=O) groups excluding carboxylic acids is 1. The van der Waals surface area contributed by atoms with Crippen LogP contribution >= 0.6 is 0 Å². The van der Waals surface area contributed by atoms with E-state index in [2.05, 4.69) is 13.8 Å². The SMILES string of the molecule is CCCCCCC(CCCCCC)C(=O)OC(C)C(=O)O. The number of aliphatic carboxylic acids is 1. The summed E-state index contributed by atoms with van der Waals surface area (Å²) in [6, 6.07) is 0.